The number of rotatable bonds is 9. The van der Waals surface area contributed by atoms with Crippen LogP contribution in [0.1, 0.15) is 24.8 Å². The van der Waals surface area contributed by atoms with Crippen LogP contribution in [0.4, 0.5) is 10.2 Å². The number of aliphatic hydroxyl groups is 3. The molecule has 14 nitrogen and oxygen atoms in total. The summed E-state index contributed by atoms with van der Waals surface area (Å²) in [6, 6.07) is 7.04. The highest BCUT2D eigenvalue weighted by Crippen LogP contribution is 2.55. The van der Waals surface area contributed by atoms with Crippen LogP contribution < -0.4 is 5.32 Å². The summed E-state index contributed by atoms with van der Waals surface area (Å²) in [5.74, 6) is -4.66. The second-order valence-electron chi connectivity index (χ2n) is 8.71. The standard InChI is InChI=1S/C20H24ClFN4O10P2/c1-10(11-3-2-4-12(22)7-11)23-16-13-5-6-26(17(13)25-19(21)24-16)18-15(27)20(28,29)14(36-18)8-35-38(33,34)9-37(30,31)32/h2-7,10,14-15,18,27-29H,8-9H2,1H3,(H,33,34)(H,23,24,25)(H2,30,31,32)/t10-,14+,15-,18+/m0/s1. The van der Waals surface area contributed by atoms with Gasteiger partial charge in [0.2, 0.25) is 11.1 Å². The lowest BCUT2D eigenvalue weighted by Gasteiger charge is -2.25. The number of nitrogens with zero attached hydrogens (tertiary/aromatic N) is 3. The van der Waals surface area contributed by atoms with E-state index in [0.29, 0.717) is 10.9 Å². The van der Waals surface area contributed by atoms with Crippen molar-refractivity contribution in [2.45, 2.75) is 37.2 Å². The maximum Gasteiger partial charge on any atom is 0.340 e. The van der Waals surface area contributed by atoms with Crippen molar-refractivity contribution in [3.05, 3.63) is 53.2 Å². The lowest BCUT2D eigenvalue weighted by Crippen LogP contribution is -2.49. The van der Waals surface area contributed by atoms with Gasteiger partial charge >= 0.3 is 15.2 Å². The minimum Gasteiger partial charge on any atom is -0.383 e. The fourth-order valence-corrected chi connectivity index (χ4v) is 6.69. The molecule has 0 aliphatic carbocycles. The molecule has 0 saturated carbocycles. The van der Waals surface area contributed by atoms with E-state index in [1.165, 1.54) is 29.0 Å². The number of hydrogen-bond acceptors (Lipinski definition) is 10. The summed E-state index contributed by atoms with van der Waals surface area (Å²) in [5, 5.41) is 34.7. The van der Waals surface area contributed by atoms with Gasteiger partial charge in [-0.25, -0.2) is 9.37 Å². The minimum atomic E-state index is -4.92. The molecule has 2 aromatic heterocycles. The second-order valence-corrected chi connectivity index (χ2v) is 13.0. The molecule has 5 atom stereocenters. The van der Waals surface area contributed by atoms with Gasteiger partial charge in [-0.2, -0.15) is 4.98 Å². The molecule has 0 radical (unpaired) electrons. The molecule has 0 bridgehead atoms. The minimum absolute atomic E-state index is 0.106. The summed E-state index contributed by atoms with van der Waals surface area (Å²) in [5.41, 5.74) is 0.727. The van der Waals surface area contributed by atoms with Gasteiger partial charge in [-0.1, -0.05) is 12.1 Å². The molecule has 1 fully saturated rings. The average molecular weight is 597 g/mol. The quantitative estimate of drug-likeness (QED) is 0.106. The van der Waals surface area contributed by atoms with E-state index in [-0.39, 0.29) is 16.7 Å². The smallest absolute Gasteiger partial charge is 0.340 e. The van der Waals surface area contributed by atoms with E-state index in [1.54, 1.807) is 19.1 Å². The van der Waals surface area contributed by atoms with Gasteiger partial charge < -0.3 is 49.1 Å². The molecule has 1 saturated heterocycles. The van der Waals surface area contributed by atoms with Crippen LogP contribution in [-0.4, -0.2) is 75.0 Å². The molecule has 1 unspecified atom stereocenters. The van der Waals surface area contributed by atoms with Crippen LogP contribution in [0.15, 0.2) is 36.5 Å². The van der Waals surface area contributed by atoms with Crippen LogP contribution in [0.2, 0.25) is 5.28 Å². The third kappa shape index (κ3) is 6.24. The number of halogens is 2. The number of fused-ring (bicyclic) bond motifs is 1. The van der Waals surface area contributed by atoms with E-state index in [9.17, 15) is 33.7 Å². The average Bonchev–Trinajstić information content (AvgIpc) is 3.29. The lowest BCUT2D eigenvalue weighted by atomic mass is 10.1. The third-order valence-corrected chi connectivity index (χ3v) is 9.42. The number of aliphatic hydroxyl groups excluding tert-OH is 1. The molecule has 4 rings (SSSR count). The van der Waals surface area contributed by atoms with Crippen molar-refractivity contribution in [2.24, 2.45) is 0 Å². The third-order valence-electron chi connectivity index (χ3n) is 5.79. The molecule has 208 valence electrons. The van der Waals surface area contributed by atoms with Gasteiger partial charge in [0.15, 0.2) is 18.2 Å². The normalized spacial score (nSPS) is 23.9. The molecule has 7 N–H and O–H groups in total. The Morgan fingerprint density at radius 2 is 1.97 bits per heavy atom. The fraction of sp³-hybridized carbons (Fsp3) is 0.400. The van der Waals surface area contributed by atoms with Crippen molar-refractivity contribution in [1.82, 2.24) is 14.5 Å². The first-order valence-electron chi connectivity index (χ1n) is 10.9. The zero-order chi connectivity index (χ0) is 28.0. The van der Waals surface area contributed by atoms with Gasteiger partial charge in [-0.3, -0.25) is 9.13 Å². The predicted molar refractivity (Wildman–Crippen MR) is 131 cm³/mol. The number of anilines is 1. The lowest BCUT2D eigenvalue weighted by molar-refractivity contribution is -0.234. The maximum absolute atomic E-state index is 13.7. The van der Waals surface area contributed by atoms with Crippen molar-refractivity contribution >= 4 is 43.6 Å². The van der Waals surface area contributed by atoms with Gasteiger partial charge in [0, 0.05) is 6.20 Å². The number of benzene rings is 1. The summed E-state index contributed by atoms with van der Waals surface area (Å²) in [6.45, 7) is 0.765. The Kier molecular flexibility index (Phi) is 8.03. The van der Waals surface area contributed by atoms with E-state index >= 15 is 0 Å². The summed E-state index contributed by atoms with van der Waals surface area (Å²) in [7, 11) is -9.76. The highest BCUT2D eigenvalue weighted by molar-refractivity contribution is 7.70. The Bertz CT molecular complexity index is 1440. The molecule has 1 aromatic carbocycles. The molecule has 3 heterocycles. The van der Waals surface area contributed by atoms with E-state index in [2.05, 4.69) is 19.8 Å². The van der Waals surface area contributed by atoms with Crippen LogP contribution in [0.5, 0.6) is 0 Å². The van der Waals surface area contributed by atoms with E-state index in [0.717, 1.165) is 0 Å². The number of nitrogens with one attached hydrogen (secondary N) is 1. The van der Waals surface area contributed by atoms with E-state index in [1.807, 2.05) is 0 Å². The van der Waals surface area contributed by atoms with Gasteiger partial charge in [0.1, 0.15) is 23.4 Å². The first kappa shape index (κ1) is 29.0. The van der Waals surface area contributed by atoms with Crippen molar-refractivity contribution in [2.75, 3.05) is 17.8 Å². The number of hydrogen-bond donors (Lipinski definition) is 7. The van der Waals surface area contributed by atoms with Crippen LogP contribution in [0, 0.1) is 5.82 Å². The molecule has 18 heteroatoms. The molecule has 3 aromatic rings. The van der Waals surface area contributed by atoms with Crippen molar-refractivity contribution in [1.29, 1.82) is 0 Å². The van der Waals surface area contributed by atoms with E-state index in [4.69, 9.17) is 26.1 Å². The Morgan fingerprint density at radius 1 is 1.26 bits per heavy atom. The van der Waals surface area contributed by atoms with Crippen molar-refractivity contribution in [3.63, 3.8) is 0 Å². The van der Waals surface area contributed by atoms with Crippen LogP contribution >= 0.6 is 26.8 Å². The Hall–Kier alpha value is -2.00. The SMILES string of the molecule is C[C@H](Nc1nc(Cl)nc2c1ccn2[C@@H]1O[C@H](COP(=O)(O)CP(=O)(O)O)C(O)(O)[C@H]1O)c1cccc(F)c1. The highest BCUT2D eigenvalue weighted by atomic mass is 35.5. The summed E-state index contributed by atoms with van der Waals surface area (Å²) in [4.78, 5) is 35.8. The molecular weight excluding hydrogens is 573 g/mol. The molecular formula is C20H24ClFN4O10P2. The zero-order valence-electron chi connectivity index (χ0n) is 19.5. The molecule has 1 aliphatic rings. The molecule has 38 heavy (non-hydrogen) atoms. The molecule has 0 spiro atoms. The zero-order valence-corrected chi connectivity index (χ0v) is 22.0. The molecule has 1 aliphatic heterocycles. The van der Waals surface area contributed by atoms with E-state index < -0.39 is 63.8 Å². The topological polar surface area (TPSA) is 217 Å². The Labute approximate surface area is 219 Å². The van der Waals surface area contributed by atoms with Crippen LogP contribution in [0.25, 0.3) is 11.0 Å². The first-order chi connectivity index (χ1) is 17.6. The largest absolute Gasteiger partial charge is 0.383 e. The summed E-state index contributed by atoms with van der Waals surface area (Å²) in [6.07, 6.45) is -3.94. The van der Waals surface area contributed by atoms with Gasteiger partial charge in [-0.15, -0.1) is 0 Å². The highest BCUT2D eigenvalue weighted by Gasteiger charge is 2.56. The first-order valence-corrected chi connectivity index (χ1v) is 14.9. The fourth-order valence-electron chi connectivity index (χ4n) is 3.97. The summed E-state index contributed by atoms with van der Waals surface area (Å²) < 4.78 is 48.0. The number of aromatic nitrogens is 3. The van der Waals surface area contributed by atoms with Crippen molar-refractivity contribution in [3.8, 4) is 0 Å². The van der Waals surface area contributed by atoms with Crippen LogP contribution in [-0.2, 0) is 18.4 Å². The van der Waals surface area contributed by atoms with Crippen LogP contribution in [0.3, 0.4) is 0 Å². The Morgan fingerprint density at radius 3 is 2.63 bits per heavy atom. The van der Waals surface area contributed by atoms with Gasteiger partial charge in [0.05, 0.1) is 18.0 Å². The predicted octanol–water partition coefficient (Wildman–Crippen LogP) is 1.67. The monoisotopic (exact) mass is 596 g/mol. The van der Waals surface area contributed by atoms with Gasteiger partial charge in [0.25, 0.3) is 0 Å². The molecule has 0 amide bonds. The summed E-state index contributed by atoms with van der Waals surface area (Å²) >= 11 is 6.11. The second kappa shape index (κ2) is 10.5. The Balaban J connectivity index is 1.59. The van der Waals surface area contributed by atoms with Crippen molar-refractivity contribution < 1.29 is 52.8 Å². The number of ether oxygens (including phenoxy) is 1. The maximum atomic E-state index is 13.7. The van der Waals surface area contributed by atoms with Gasteiger partial charge in [-0.05, 0) is 42.3 Å².